The van der Waals surface area contributed by atoms with Crippen LogP contribution >= 0.6 is 0 Å². The molecular formula is C14H20N2O3. The third-order valence-corrected chi connectivity index (χ3v) is 3.25. The molecule has 0 unspecified atom stereocenters. The van der Waals surface area contributed by atoms with Gasteiger partial charge in [-0.1, -0.05) is 6.07 Å². The maximum absolute atomic E-state index is 11.1. The Morgan fingerprint density at radius 3 is 2.84 bits per heavy atom. The van der Waals surface area contributed by atoms with Crippen LogP contribution in [0.4, 0.5) is 5.69 Å². The largest absolute Gasteiger partial charge is 0.478 e. The van der Waals surface area contributed by atoms with Crippen molar-refractivity contribution < 1.29 is 14.6 Å². The van der Waals surface area contributed by atoms with Crippen LogP contribution in [-0.2, 0) is 4.74 Å². The summed E-state index contributed by atoms with van der Waals surface area (Å²) in [5.41, 5.74) is 2.08. The number of anilines is 1. The van der Waals surface area contributed by atoms with Gasteiger partial charge in [-0.3, -0.25) is 4.90 Å². The highest BCUT2D eigenvalue weighted by Gasteiger charge is 2.12. The smallest absolute Gasteiger partial charge is 0.337 e. The zero-order chi connectivity index (χ0) is 13.7. The second kappa shape index (κ2) is 6.54. The molecule has 1 aromatic rings. The SMILES string of the molecule is Cc1ccc(C(=O)O)c(NCCN2CCOCC2)c1. The van der Waals surface area contributed by atoms with Gasteiger partial charge in [-0.15, -0.1) is 0 Å². The van der Waals surface area contributed by atoms with Gasteiger partial charge in [0.1, 0.15) is 0 Å². The van der Waals surface area contributed by atoms with E-state index in [0.29, 0.717) is 11.3 Å². The minimum absolute atomic E-state index is 0.326. The lowest BCUT2D eigenvalue weighted by Gasteiger charge is -2.26. The van der Waals surface area contributed by atoms with Gasteiger partial charge in [-0.25, -0.2) is 4.79 Å². The number of carbonyl (C=O) groups is 1. The third kappa shape index (κ3) is 3.94. The molecule has 5 nitrogen and oxygen atoms in total. The quantitative estimate of drug-likeness (QED) is 0.842. The number of nitrogens with one attached hydrogen (secondary N) is 1. The first-order valence-electron chi connectivity index (χ1n) is 6.55. The van der Waals surface area contributed by atoms with Gasteiger partial charge in [0, 0.05) is 31.9 Å². The number of carboxylic acid groups (broad SMARTS) is 1. The molecule has 0 aliphatic carbocycles. The molecule has 1 aliphatic heterocycles. The molecule has 104 valence electrons. The van der Waals surface area contributed by atoms with Crippen molar-refractivity contribution in [3.05, 3.63) is 29.3 Å². The van der Waals surface area contributed by atoms with E-state index in [2.05, 4.69) is 10.2 Å². The number of carboxylic acids is 1. The van der Waals surface area contributed by atoms with Gasteiger partial charge < -0.3 is 15.2 Å². The van der Waals surface area contributed by atoms with E-state index in [0.717, 1.165) is 45.0 Å². The van der Waals surface area contributed by atoms with Gasteiger partial charge in [0.2, 0.25) is 0 Å². The second-order valence-corrected chi connectivity index (χ2v) is 4.73. The summed E-state index contributed by atoms with van der Waals surface area (Å²) >= 11 is 0. The van der Waals surface area contributed by atoms with Crippen molar-refractivity contribution in [2.45, 2.75) is 6.92 Å². The average Bonchev–Trinajstić information content (AvgIpc) is 2.39. The van der Waals surface area contributed by atoms with Gasteiger partial charge in [0.25, 0.3) is 0 Å². The molecule has 5 heteroatoms. The Labute approximate surface area is 113 Å². The van der Waals surface area contributed by atoms with Crippen LogP contribution in [-0.4, -0.2) is 55.4 Å². The molecule has 0 bridgehead atoms. The summed E-state index contributed by atoms with van der Waals surface area (Å²) in [6.07, 6.45) is 0. The van der Waals surface area contributed by atoms with E-state index in [1.165, 1.54) is 0 Å². The van der Waals surface area contributed by atoms with E-state index < -0.39 is 5.97 Å². The summed E-state index contributed by atoms with van der Waals surface area (Å²) in [6, 6.07) is 5.34. The monoisotopic (exact) mass is 264 g/mol. The number of benzene rings is 1. The van der Waals surface area contributed by atoms with Crippen LogP contribution in [0.15, 0.2) is 18.2 Å². The number of aromatic carboxylic acids is 1. The van der Waals surface area contributed by atoms with Crippen molar-refractivity contribution in [2.24, 2.45) is 0 Å². The van der Waals surface area contributed by atoms with Crippen molar-refractivity contribution in [3.8, 4) is 0 Å². The second-order valence-electron chi connectivity index (χ2n) is 4.73. The Bertz CT molecular complexity index is 442. The molecule has 0 radical (unpaired) electrons. The maximum Gasteiger partial charge on any atom is 0.337 e. The lowest BCUT2D eigenvalue weighted by Crippen LogP contribution is -2.39. The fraction of sp³-hybridized carbons (Fsp3) is 0.500. The predicted octanol–water partition coefficient (Wildman–Crippen LogP) is 1.44. The number of aryl methyl sites for hydroxylation is 1. The van der Waals surface area contributed by atoms with E-state index >= 15 is 0 Å². The molecule has 19 heavy (non-hydrogen) atoms. The number of ether oxygens (including phenoxy) is 1. The Kier molecular flexibility index (Phi) is 4.76. The summed E-state index contributed by atoms with van der Waals surface area (Å²) < 4.78 is 5.29. The first kappa shape index (κ1) is 13.8. The fourth-order valence-electron chi connectivity index (χ4n) is 2.16. The molecule has 1 fully saturated rings. The molecule has 0 amide bonds. The molecule has 1 aliphatic rings. The van der Waals surface area contributed by atoms with Crippen LogP contribution in [0.25, 0.3) is 0 Å². The van der Waals surface area contributed by atoms with Gasteiger partial charge in [-0.2, -0.15) is 0 Å². The highest BCUT2D eigenvalue weighted by atomic mass is 16.5. The number of morpholine rings is 1. The lowest BCUT2D eigenvalue weighted by molar-refractivity contribution is 0.0398. The standard InChI is InChI=1S/C14H20N2O3/c1-11-2-3-12(14(17)18)13(10-11)15-4-5-16-6-8-19-9-7-16/h2-3,10,15H,4-9H2,1H3,(H,17,18). The van der Waals surface area contributed by atoms with Crippen molar-refractivity contribution in [2.75, 3.05) is 44.7 Å². The van der Waals surface area contributed by atoms with Crippen molar-refractivity contribution in [1.82, 2.24) is 4.90 Å². The number of nitrogens with zero attached hydrogens (tertiary/aromatic N) is 1. The molecule has 0 atom stereocenters. The fourth-order valence-corrected chi connectivity index (χ4v) is 2.16. The highest BCUT2D eigenvalue weighted by molar-refractivity contribution is 5.94. The number of rotatable bonds is 5. The molecule has 2 rings (SSSR count). The Morgan fingerprint density at radius 2 is 2.16 bits per heavy atom. The minimum Gasteiger partial charge on any atom is -0.478 e. The van der Waals surface area contributed by atoms with Gasteiger partial charge in [0.15, 0.2) is 0 Å². The van der Waals surface area contributed by atoms with Crippen molar-refractivity contribution >= 4 is 11.7 Å². The van der Waals surface area contributed by atoms with Crippen LogP contribution in [0, 0.1) is 6.92 Å². The highest BCUT2D eigenvalue weighted by Crippen LogP contribution is 2.17. The summed E-state index contributed by atoms with van der Waals surface area (Å²) in [7, 11) is 0. The van der Waals surface area contributed by atoms with E-state index in [1.54, 1.807) is 6.07 Å². The molecule has 1 heterocycles. The van der Waals surface area contributed by atoms with Gasteiger partial charge >= 0.3 is 5.97 Å². The molecule has 1 saturated heterocycles. The van der Waals surface area contributed by atoms with Crippen LogP contribution in [0.5, 0.6) is 0 Å². The number of hydrogen-bond acceptors (Lipinski definition) is 4. The molecular weight excluding hydrogens is 244 g/mol. The zero-order valence-electron chi connectivity index (χ0n) is 11.2. The minimum atomic E-state index is -0.895. The first-order valence-corrected chi connectivity index (χ1v) is 6.55. The predicted molar refractivity (Wildman–Crippen MR) is 73.9 cm³/mol. The average molecular weight is 264 g/mol. The lowest BCUT2D eigenvalue weighted by atomic mass is 10.1. The van der Waals surface area contributed by atoms with E-state index in [9.17, 15) is 4.79 Å². The molecule has 0 saturated carbocycles. The van der Waals surface area contributed by atoms with Crippen LogP contribution in [0.2, 0.25) is 0 Å². The Hall–Kier alpha value is -1.59. The Morgan fingerprint density at radius 1 is 1.42 bits per heavy atom. The van der Waals surface area contributed by atoms with Crippen molar-refractivity contribution in [1.29, 1.82) is 0 Å². The molecule has 2 N–H and O–H groups in total. The van der Waals surface area contributed by atoms with E-state index in [1.807, 2.05) is 19.1 Å². The Balaban J connectivity index is 1.91. The van der Waals surface area contributed by atoms with Crippen molar-refractivity contribution in [3.63, 3.8) is 0 Å². The molecule has 1 aromatic carbocycles. The van der Waals surface area contributed by atoms with E-state index in [4.69, 9.17) is 9.84 Å². The van der Waals surface area contributed by atoms with Gasteiger partial charge in [0.05, 0.1) is 18.8 Å². The third-order valence-electron chi connectivity index (χ3n) is 3.25. The summed E-state index contributed by atoms with van der Waals surface area (Å²) in [4.78, 5) is 13.4. The van der Waals surface area contributed by atoms with Gasteiger partial charge in [-0.05, 0) is 24.6 Å². The van der Waals surface area contributed by atoms with Crippen LogP contribution < -0.4 is 5.32 Å². The number of hydrogen-bond donors (Lipinski definition) is 2. The normalized spacial score (nSPS) is 16.3. The summed E-state index contributed by atoms with van der Waals surface area (Å²) in [5, 5.41) is 12.4. The van der Waals surface area contributed by atoms with E-state index in [-0.39, 0.29) is 0 Å². The van der Waals surface area contributed by atoms with Crippen LogP contribution in [0.3, 0.4) is 0 Å². The summed E-state index contributed by atoms with van der Waals surface area (Å²) in [6.45, 7) is 7.05. The topological polar surface area (TPSA) is 61.8 Å². The summed E-state index contributed by atoms with van der Waals surface area (Å²) in [5.74, 6) is -0.895. The van der Waals surface area contributed by atoms with Crippen LogP contribution in [0.1, 0.15) is 15.9 Å². The zero-order valence-corrected chi connectivity index (χ0v) is 11.2. The molecule has 0 spiro atoms. The maximum atomic E-state index is 11.1. The first-order chi connectivity index (χ1) is 9.16. The molecule has 0 aromatic heterocycles.